The third-order valence-corrected chi connectivity index (χ3v) is 3.15. The zero-order valence-corrected chi connectivity index (χ0v) is 9.97. The highest BCUT2D eigenvalue weighted by Gasteiger charge is 2.31. The lowest BCUT2D eigenvalue weighted by Crippen LogP contribution is -2.60. The maximum atomic E-state index is 12.1. The number of amides is 1. The van der Waals surface area contributed by atoms with Crippen LogP contribution in [0.5, 0.6) is 0 Å². The molecule has 2 atom stereocenters. The van der Waals surface area contributed by atoms with E-state index in [1.54, 1.807) is 0 Å². The van der Waals surface area contributed by atoms with Gasteiger partial charge in [-0.3, -0.25) is 4.79 Å². The molecule has 1 amide bonds. The molecule has 1 aromatic carbocycles. The van der Waals surface area contributed by atoms with Gasteiger partial charge >= 0.3 is 0 Å². The van der Waals surface area contributed by atoms with E-state index in [1.807, 2.05) is 42.2 Å². The average molecular weight is 234 g/mol. The minimum Gasteiger partial charge on any atom is -0.394 e. The number of piperazine rings is 1. The first-order valence-corrected chi connectivity index (χ1v) is 5.91. The van der Waals surface area contributed by atoms with Crippen LogP contribution in [0.25, 0.3) is 0 Å². The largest absolute Gasteiger partial charge is 0.394 e. The molecule has 1 aliphatic heterocycles. The van der Waals surface area contributed by atoms with Crippen molar-refractivity contribution in [1.29, 1.82) is 0 Å². The van der Waals surface area contributed by atoms with Crippen LogP contribution in [0.2, 0.25) is 0 Å². The molecule has 17 heavy (non-hydrogen) atoms. The minimum absolute atomic E-state index is 0.0184. The highest BCUT2D eigenvalue weighted by atomic mass is 16.3. The molecule has 0 aromatic heterocycles. The standard InChI is InChI=1S/C13H18N2O2/c1-10-7-14-12(9-16)13(17)15(10)8-11-5-3-2-4-6-11/h2-6,10,12,14,16H,7-9H2,1H3. The Morgan fingerprint density at radius 1 is 1.41 bits per heavy atom. The van der Waals surface area contributed by atoms with Crippen LogP contribution >= 0.6 is 0 Å². The van der Waals surface area contributed by atoms with Gasteiger partial charge in [0.25, 0.3) is 0 Å². The van der Waals surface area contributed by atoms with Gasteiger partial charge in [0.1, 0.15) is 6.04 Å². The van der Waals surface area contributed by atoms with Crippen LogP contribution in [0.3, 0.4) is 0 Å². The first kappa shape index (κ1) is 12.1. The summed E-state index contributed by atoms with van der Waals surface area (Å²) in [7, 11) is 0. The van der Waals surface area contributed by atoms with Gasteiger partial charge in [-0.2, -0.15) is 0 Å². The van der Waals surface area contributed by atoms with Crippen LogP contribution < -0.4 is 5.32 Å². The zero-order chi connectivity index (χ0) is 12.3. The molecule has 1 aliphatic rings. The number of nitrogens with one attached hydrogen (secondary N) is 1. The second-order valence-corrected chi connectivity index (χ2v) is 4.44. The molecule has 0 bridgehead atoms. The fraction of sp³-hybridized carbons (Fsp3) is 0.462. The number of hydrogen-bond acceptors (Lipinski definition) is 3. The fourth-order valence-corrected chi connectivity index (χ4v) is 2.08. The van der Waals surface area contributed by atoms with Crippen LogP contribution in [0.4, 0.5) is 0 Å². The molecule has 0 radical (unpaired) electrons. The Kier molecular flexibility index (Phi) is 3.76. The first-order chi connectivity index (χ1) is 8.22. The van der Waals surface area contributed by atoms with Crippen molar-refractivity contribution in [2.45, 2.75) is 25.6 Å². The molecule has 0 saturated carbocycles. The van der Waals surface area contributed by atoms with Crippen LogP contribution in [-0.2, 0) is 11.3 Å². The van der Waals surface area contributed by atoms with Gasteiger partial charge in [-0.15, -0.1) is 0 Å². The molecule has 92 valence electrons. The smallest absolute Gasteiger partial charge is 0.242 e. The molecule has 1 aromatic rings. The van der Waals surface area contributed by atoms with E-state index in [9.17, 15) is 4.79 Å². The van der Waals surface area contributed by atoms with Crippen LogP contribution in [0, 0.1) is 0 Å². The van der Waals surface area contributed by atoms with Crippen LogP contribution in [0.15, 0.2) is 30.3 Å². The Balaban J connectivity index is 2.10. The summed E-state index contributed by atoms with van der Waals surface area (Å²) in [6.07, 6.45) is 0. The molecule has 0 aliphatic carbocycles. The van der Waals surface area contributed by atoms with Crippen LogP contribution in [0.1, 0.15) is 12.5 Å². The molecule has 1 saturated heterocycles. The number of carbonyl (C=O) groups excluding carboxylic acids is 1. The highest BCUT2D eigenvalue weighted by molar-refractivity contribution is 5.83. The summed E-state index contributed by atoms with van der Waals surface area (Å²) in [5.74, 6) is -0.0184. The molecule has 4 nitrogen and oxygen atoms in total. The molecule has 2 rings (SSSR count). The van der Waals surface area contributed by atoms with Gasteiger partial charge < -0.3 is 15.3 Å². The van der Waals surface area contributed by atoms with Gasteiger partial charge in [0.2, 0.25) is 5.91 Å². The SMILES string of the molecule is CC1CNC(CO)C(=O)N1Cc1ccccc1. The summed E-state index contributed by atoms with van der Waals surface area (Å²) in [4.78, 5) is 13.9. The van der Waals surface area contributed by atoms with E-state index in [0.717, 1.165) is 12.1 Å². The van der Waals surface area contributed by atoms with Gasteiger partial charge in [-0.25, -0.2) is 0 Å². The summed E-state index contributed by atoms with van der Waals surface area (Å²) in [5, 5.41) is 12.2. The van der Waals surface area contributed by atoms with E-state index in [4.69, 9.17) is 5.11 Å². The third kappa shape index (κ3) is 2.65. The highest BCUT2D eigenvalue weighted by Crippen LogP contribution is 2.13. The molecule has 1 heterocycles. The van der Waals surface area contributed by atoms with Crippen molar-refractivity contribution in [3.05, 3.63) is 35.9 Å². The third-order valence-electron chi connectivity index (χ3n) is 3.15. The number of aliphatic hydroxyl groups is 1. The van der Waals surface area contributed by atoms with Crippen molar-refractivity contribution in [2.75, 3.05) is 13.2 Å². The quantitative estimate of drug-likeness (QED) is 0.794. The molecule has 2 unspecified atom stereocenters. The van der Waals surface area contributed by atoms with Crippen molar-refractivity contribution in [1.82, 2.24) is 10.2 Å². The Bertz CT molecular complexity index is 380. The Labute approximate surface area is 101 Å². The predicted molar refractivity (Wildman–Crippen MR) is 65.3 cm³/mol. The summed E-state index contributed by atoms with van der Waals surface area (Å²) in [6, 6.07) is 9.63. The molecular formula is C13H18N2O2. The fourth-order valence-electron chi connectivity index (χ4n) is 2.08. The maximum absolute atomic E-state index is 12.1. The van der Waals surface area contributed by atoms with Crippen molar-refractivity contribution in [2.24, 2.45) is 0 Å². The van der Waals surface area contributed by atoms with Gasteiger partial charge in [-0.05, 0) is 12.5 Å². The van der Waals surface area contributed by atoms with E-state index in [1.165, 1.54) is 0 Å². The molecule has 1 fully saturated rings. The first-order valence-electron chi connectivity index (χ1n) is 5.91. The Morgan fingerprint density at radius 2 is 2.12 bits per heavy atom. The number of nitrogens with zero attached hydrogens (tertiary/aromatic N) is 1. The van der Waals surface area contributed by atoms with Crippen molar-refractivity contribution in [3.8, 4) is 0 Å². The number of benzene rings is 1. The maximum Gasteiger partial charge on any atom is 0.242 e. The van der Waals surface area contributed by atoms with Crippen molar-refractivity contribution >= 4 is 5.91 Å². The normalized spacial score (nSPS) is 25.1. The number of aliphatic hydroxyl groups excluding tert-OH is 1. The van der Waals surface area contributed by atoms with Crippen molar-refractivity contribution in [3.63, 3.8) is 0 Å². The Hall–Kier alpha value is -1.39. The predicted octanol–water partition coefficient (Wildman–Crippen LogP) is 0.368. The zero-order valence-electron chi connectivity index (χ0n) is 9.97. The monoisotopic (exact) mass is 234 g/mol. The molecule has 2 N–H and O–H groups in total. The van der Waals surface area contributed by atoms with E-state index < -0.39 is 6.04 Å². The molecule has 0 spiro atoms. The Morgan fingerprint density at radius 3 is 2.76 bits per heavy atom. The number of carbonyl (C=O) groups is 1. The van der Waals surface area contributed by atoms with E-state index >= 15 is 0 Å². The van der Waals surface area contributed by atoms with E-state index in [2.05, 4.69) is 5.32 Å². The number of rotatable bonds is 3. The number of hydrogen-bond donors (Lipinski definition) is 2. The lowest BCUT2D eigenvalue weighted by molar-refractivity contribution is -0.140. The van der Waals surface area contributed by atoms with Gasteiger partial charge in [0.05, 0.1) is 6.61 Å². The minimum atomic E-state index is -0.449. The second-order valence-electron chi connectivity index (χ2n) is 4.44. The summed E-state index contributed by atoms with van der Waals surface area (Å²) in [5.41, 5.74) is 1.12. The average Bonchev–Trinajstić information content (AvgIpc) is 2.36. The van der Waals surface area contributed by atoms with Gasteiger partial charge in [0.15, 0.2) is 0 Å². The second kappa shape index (κ2) is 5.29. The topological polar surface area (TPSA) is 52.6 Å². The molecular weight excluding hydrogens is 216 g/mol. The van der Waals surface area contributed by atoms with Gasteiger partial charge in [-0.1, -0.05) is 30.3 Å². The summed E-state index contributed by atoms with van der Waals surface area (Å²) < 4.78 is 0. The summed E-state index contributed by atoms with van der Waals surface area (Å²) >= 11 is 0. The molecule has 4 heteroatoms. The lowest BCUT2D eigenvalue weighted by Gasteiger charge is -2.37. The van der Waals surface area contributed by atoms with Crippen molar-refractivity contribution < 1.29 is 9.90 Å². The van der Waals surface area contributed by atoms with Gasteiger partial charge in [0, 0.05) is 19.1 Å². The lowest BCUT2D eigenvalue weighted by atomic mass is 10.1. The van der Waals surface area contributed by atoms with E-state index in [-0.39, 0.29) is 18.6 Å². The van der Waals surface area contributed by atoms with Crippen LogP contribution in [-0.4, -0.2) is 41.1 Å². The summed E-state index contributed by atoms with van der Waals surface area (Å²) in [6.45, 7) is 3.21. The van der Waals surface area contributed by atoms with E-state index in [0.29, 0.717) is 6.54 Å².